The van der Waals surface area contributed by atoms with Gasteiger partial charge >= 0.3 is 5.69 Å². The molecule has 1 aromatic carbocycles. The largest absolute Gasteiger partial charge is 0.352 e. The maximum Gasteiger partial charge on any atom is 0.329 e. The number of fused-ring (bicyclic) bond motifs is 1. The molecule has 1 aliphatic rings. The summed E-state index contributed by atoms with van der Waals surface area (Å²) in [5.41, 5.74) is 1.53. The van der Waals surface area contributed by atoms with Crippen LogP contribution in [0.2, 0.25) is 0 Å². The number of aromatic nitrogens is 2. The van der Waals surface area contributed by atoms with Crippen LogP contribution in [0.4, 0.5) is 0 Å². The molecule has 1 fully saturated rings. The maximum atomic E-state index is 12.5. The number of aryl methyl sites for hydroxylation is 2. The van der Waals surface area contributed by atoms with E-state index < -0.39 is 9.84 Å². The van der Waals surface area contributed by atoms with E-state index in [2.05, 4.69) is 5.32 Å². The molecule has 2 heterocycles. The van der Waals surface area contributed by atoms with Crippen LogP contribution in [0.3, 0.4) is 0 Å². The molecular formula is C16H21N3O4S. The van der Waals surface area contributed by atoms with Crippen LogP contribution in [0.25, 0.3) is 11.0 Å². The molecule has 0 aliphatic carbocycles. The van der Waals surface area contributed by atoms with Crippen LogP contribution >= 0.6 is 0 Å². The van der Waals surface area contributed by atoms with Crippen LogP contribution in [0.5, 0.6) is 0 Å². The van der Waals surface area contributed by atoms with Gasteiger partial charge in [-0.25, -0.2) is 13.2 Å². The number of imidazole rings is 1. The zero-order valence-electron chi connectivity index (χ0n) is 13.6. The van der Waals surface area contributed by atoms with Gasteiger partial charge in [0.25, 0.3) is 0 Å². The first-order valence-electron chi connectivity index (χ1n) is 8.09. The lowest BCUT2D eigenvalue weighted by molar-refractivity contribution is -0.121. The van der Waals surface area contributed by atoms with Crippen LogP contribution < -0.4 is 11.0 Å². The fraction of sp³-hybridized carbons (Fsp3) is 0.500. The van der Waals surface area contributed by atoms with Gasteiger partial charge in [-0.1, -0.05) is 12.1 Å². The third-order valence-corrected chi connectivity index (χ3v) is 6.17. The van der Waals surface area contributed by atoms with Gasteiger partial charge in [-0.15, -0.1) is 0 Å². The smallest absolute Gasteiger partial charge is 0.329 e. The van der Waals surface area contributed by atoms with Gasteiger partial charge < -0.3 is 5.32 Å². The number of sulfone groups is 1. The van der Waals surface area contributed by atoms with Crippen molar-refractivity contribution < 1.29 is 13.2 Å². The number of amides is 1. The summed E-state index contributed by atoms with van der Waals surface area (Å²) in [4.78, 5) is 24.6. The predicted octanol–water partition coefficient (Wildman–Crippen LogP) is 0.516. The first-order valence-corrected chi connectivity index (χ1v) is 9.91. The summed E-state index contributed by atoms with van der Waals surface area (Å²) in [7, 11) is -3.02. The molecule has 3 rings (SSSR count). The molecule has 1 saturated heterocycles. The normalized spacial score (nSPS) is 19.6. The average molecular weight is 351 g/mol. The van der Waals surface area contributed by atoms with Gasteiger partial charge in [0.15, 0.2) is 9.84 Å². The third-order valence-electron chi connectivity index (χ3n) is 4.40. The zero-order valence-corrected chi connectivity index (χ0v) is 14.4. The number of hydrogen-bond acceptors (Lipinski definition) is 4. The van der Waals surface area contributed by atoms with Crippen LogP contribution in [0.1, 0.15) is 19.8 Å². The Hall–Kier alpha value is -2.09. The number of nitrogens with zero attached hydrogens (tertiary/aromatic N) is 2. The Morgan fingerprint density at radius 3 is 2.50 bits per heavy atom. The zero-order chi connectivity index (χ0) is 17.3. The Morgan fingerprint density at radius 2 is 1.92 bits per heavy atom. The van der Waals surface area contributed by atoms with E-state index in [-0.39, 0.29) is 42.1 Å². The number of hydrogen-bond donors (Lipinski definition) is 1. The fourth-order valence-corrected chi connectivity index (χ4v) is 4.89. The van der Waals surface area contributed by atoms with Crippen molar-refractivity contribution in [2.45, 2.75) is 38.9 Å². The van der Waals surface area contributed by atoms with Crippen LogP contribution in [-0.4, -0.2) is 41.0 Å². The molecule has 2 aromatic rings. The highest BCUT2D eigenvalue weighted by Gasteiger charge is 2.28. The minimum Gasteiger partial charge on any atom is -0.352 e. The van der Waals surface area contributed by atoms with Crippen LogP contribution in [0.15, 0.2) is 29.1 Å². The molecule has 1 aromatic heterocycles. The lowest BCUT2D eigenvalue weighted by atomic mass is 10.2. The van der Waals surface area contributed by atoms with E-state index in [0.29, 0.717) is 13.0 Å². The number of para-hydroxylation sites is 2. The van der Waals surface area contributed by atoms with Crippen molar-refractivity contribution in [2.24, 2.45) is 0 Å². The second-order valence-electron chi connectivity index (χ2n) is 6.08. The summed E-state index contributed by atoms with van der Waals surface area (Å²) < 4.78 is 26.1. The predicted molar refractivity (Wildman–Crippen MR) is 91.7 cm³/mol. The number of carbonyl (C=O) groups is 1. The Bertz CT molecular complexity index is 926. The SMILES string of the molecule is CCn1c(=O)n(CCC(=O)N[C@H]2CCS(=O)(=O)C2)c2ccccc21. The quantitative estimate of drug-likeness (QED) is 0.850. The summed E-state index contributed by atoms with van der Waals surface area (Å²) in [5.74, 6) is -0.0905. The molecule has 1 atom stereocenters. The molecule has 0 saturated carbocycles. The molecule has 1 amide bonds. The summed E-state index contributed by atoms with van der Waals surface area (Å²) in [5, 5.41) is 2.75. The first-order chi connectivity index (χ1) is 11.4. The second kappa shape index (κ2) is 6.43. The lowest BCUT2D eigenvalue weighted by Crippen LogP contribution is -2.36. The third kappa shape index (κ3) is 3.24. The van der Waals surface area contributed by atoms with E-state index in [0.717, 1.165) is 11.0 Å². The standard InChI is InChI=1S/C16H21N3O4S/c1-2-18-13-5-3-4-6-14(13)19(16(18)21)9-7-15(20)17-12-8-10-24(22,23)11-12/h3-6,12H,2,7-11H2,1H3,(H,17,20)/t12-/m0/s1. The van der Waals surface area contributed by atoms with E-state index in [4.69, 9.17) is 0 Å². The molecule has 7 nitrogen and oxygen atoms in total. The second-order valence-corrected chi connectivity index (χ2v) is 8.31. The molecule has 0 bridgehead atoms. The van der Waals surface area contributed by atoms with Crippen LogP contribution in [-0.2, 0) is 27.7 Å². The summed E-state index contributed by atoms with van der Waals surface area (Å²) >= 11 is 0. The summed E-state index contributed by atoms with van der Waals surface area (Å²) in [6.45, 7) is 2.75. The molecule has 130 valence electrons. The van der Waals surface area contributed by atoms with Crippen molar-refractivity contribution in [3.05, 3.63) is 34.7 Å². The first kappa shape index (κ1) is 16.8. The Labute approximate surface area is 140 Å². The summed E-state index contributed by atoms with van der Waals surface area (Å²) in [6, 6.07) is 7.19. The molecule has 0 spiro atoms. The number of carbonyl (C=O) groups excluding carboxylic acids is 1. The van der Waals surface area contributed by atoms with Gasteiger partial charge in [0.1, 0.15) is 0 Å². The van der Waals surface area contributed by atoms with Gasteiger partial charge in [-0.05, 0) is 25.5 Å². The minimum absolute atomic E-state index is 0.00777. The number of nitrogens with one attached hydrogen (secondary N) is 1. The van der Waals surface area contributed by atoms with Gasteiger partial charge in [-0.3, -0.25) is 13.9 Å². The molecular weight excluding hydrogens is 330 g/mol. The van der Waals surface area contributed by atoms with Gasteiger partial charge in [-0.2, -0.15) is 0 Å². The highest BCUT2D eigenvalue weighted by atomic mass is 32.2. The van der Waals surface area contributed by atoms with Gasteiger partial charge in [0.05, 0.1) is 22.5 Å². The van der Waals surface area contributed by atoms with Crippen molar-refractivity contribution in [3.63, 3.8) is 0 Å². The van der Waals surface area contributed by atoms with Crippen molar-refractivity contribution >= 4 is 26.8 Å². The molecule has 0 unspecified atom stereocenters. The molecule has 1 aliphatic heterocycles. The fourth-order valence-electron chi connectivity index (χ4n) is 3.22. The molecule has 0 radical (unpaired) electrons. The lowest BCUT2D eigenvalue weighted by Gasteiger charge is -2.11. The van der Waals surface area contributed by atoms with Crippen molar-refractivity contribution in [1.29, 1.82) is 0 Å². The Morgan fingerprint density at radius 1 is 1.25 bits per heavy atom. The van der Waals surface area contributed by atoms with Crippen molar-refractivity contribution in [1.82, 2.24) is 14.5 Å². The van der Waals surface area contributed by atoms with E-state index in [1.807, 2.05) is 31.2 Å². The van der Waals surface area contributed by atoms with E-state index >= 15 is 0 Å². The molecule has 8 heteroatoms. The monoisotopic (exact) mass is 351 g/mol. The van der Waals surface area contributed by atoms with Gasteiger partial charge in [0.2, 0.25) is 5.91 Å². The highest BCUT2D eigenvalue weighted by Crippen LogP contribution is 2.14. The van der Waals surface area contributed by atoms with E-state index in [9.17, 15) is 18.0 Å². The average Bonchev–Trinajstić information content (AvgIpc) is 3.01. The Kier molecular flexibility index (Phi) is 4.49. The van der Waals surface area contributed by atoms with Gasteiger partial charge in [0, 0.05) is 25.6 Å². The topological polar surface area (TPSA) is 90.2 Å². The molecule has 24 heavy (non-hydrogen) atoms. The number of rotatable bonds is 5. The maximum absolute atomic E-state index is 12.5. The van der Waals surface area contributed by atoms with Crippen molar-refractivity contribution in [2.75, 3.05) is 11.5 Å². The molecule has 1 N–H and O–H groups in total. The van der Waals surface area contributed by atoms with Crippen molar-refractivity contribution in [3.8, 4) is 0 Å². The van der Waals surface area contributed by atoms with E-state index in [1.165, 1.54) is 0 Å². The highest BCUT2D eigenvalue weighted by molar-refractivity contribution is 7.91. The van der Waals surface area contributed by atoms with Crippen LogP contribution in [0, 0.1) is 0 Å². The summed E-state index contributed by atoms with van der Waals surface area (Å²) in [6.07, 6.45) is 0.608. The Balaban J connectivity index is 1.71. The van der Waals surface area contributed by atoms with E-state index in [1.54, 1.807) is 9.13 Å². The number of benzene rings is 1. The minimum atomic E-state index is -3.02.